The lowest BCUT2D eigenvalue weighted by Crippen LogP contribution is -2.46. The third-order valence-electron chi connectivity index (χ3n) is 5.86. The summed E-state index contributed by atoms with van der Waals surface area (Å²) in [4.78, 5) is 43.9. The standard InChI is InChI=1S/C28H27N3O6S/c1-36-22-12-11-18(15-23(22)37-2)13-14-31-25(32)17-24(38-28(31)30-20-8-4-3-5-9-20)26(33)29-21-10-6-7-19(16-21)27(34)35/h3-12,15-16,24H,13-14,17H2,1-2H3,(H,29,33)(H,34,35). The summed E-state index contributed by atoms with van der Waals surface area (Å²) in [6, 6.07) is 20.8. The fourth-order valence-electron chi connectivity index (χ4n) is 3.90. The van der Waals surface area contributed by atoms with Crippen LogP contribution in [0.5, 0.6) is 11.5 Å². The third kappa shape index (κ3) is 6.51. The number of thioether (sulfide) groups is 1. The van der Waals surface area contributed by atoms with Gasteiger partial charge in [-0.25, -0.2) is 9.79 Å². The highest BCUT2D eigenvalue weighted by Gasteiger charge is 2.36. The van der Waals surface area contributed by atoms with Crippen LogP contribution in [-0.2, 0) is 16.0 Å². The van der Waals surface area contributed by atoms with Gasteiger partial charge in [-0.05, 0) is 54.4 Å². The summed E-state index contributed by atoms with van der Waals surface area (Å²) in [5, 5.41) is 11.7. The number of amides is 2. The summed E-state index contributed by atoms with van der Waals surface area (Å²) in [6.07, 6.45) is 0.522. The molecule has 0 radical (unpaired) electrons. The summed E-state index contributed by atoms with van der Waals surface area (Å²) < 4.78 is 10.7. The first-order valence-electron chi connectivity index (χ1n) is 11.8. The second-order valence-electron chi connectivity index (χ2n) is 8.40. The van der Waals surface area contributed by atoms with E-state index in [2.05, 4.69) is 10.3 Å². The predicted molar refractivity (Wildman–Crippen MR) is 147 cm³/mol. The van der Waals surface area contributed by atoms with E-state index >= 15 is 0 Å². The maximum absolute atomic E-state index is 13.3. The molecule has 0 aliphatic carbocycles. The van der Waals surface area contributed by atoms with E-state index in [0.29, 0.717) is 41.0 Å². The number of anilines is 1. The average molecular weight is 534 g/mol. The third-order valence-corrected chi connectivity index (χ3v) is 7.05. The number of carboxylic acid groups (broad SMARTS) is 1. The van der Waals surface area contributed by atoms with E-state index in [4.69, 9.17) is 9.47 Å². The van der Waals surface area contributed by atoms with Gasteiger partial charge in [0.2, 0.25) is 11.8 Å². The number of ether oxygens (including phenoxy) is 2. The summed E-state index contributed by atoms with van der Waals surface area (Å²) in [7, 11) is 3.14. The first-order valence-corrected chi connectivity index (χ1v) is 12.7. The highest BCUT2D eigenvalue weighted by atomic mass is 32.2. The van der Waals surface area contributed by atoms with Gasteiger partial charge in [-0.15, -0.1) is 0 Å². The molecule has 1 aliphatic heterocycles. The van der Waals surface area contributed by atoms with Crippen molar-refractivity contribution < 1.29 is 29.0 Å². The molecule has 1 unspecified atom stereocenters. The van der Waals surface area contributed by atoms with Gasteiger partial charge in [-0.2, -0.15) is 0 Å². The molecule has 0 aromatic heterocycles. The minimum atomic E-state index is -1.09. The Bertz CT molecular complexity index is 1360. The second-order valence-corrected chi connectivity index (χ2v) is 9.57. The molecule has 3 aromatic rings. The van der Waals surface area contributed by atoms with Gasteiger partial charge in [-0.3, -0.25) is 14.5 Å². The molecule has 2 N–H and O–H groups in total. The Morgan fingerprint density at radius 2 is 1.79 bits per heavy atom. The second kappa shape index (κ2) is 12.3. The van der Waals surface area contributed by atoms with Crippen molar-refractivity contribution in [3.05, 3.63) is 83.9 Å². The summed E-state index contributed by atoms with van der Waals surface area (Å²) in [6.45, 7) is 0.363. The molecular weight excluding hydrogens is 506 g/mol. The molecule has 0 spiro atoms. The first-order chi connectivity index (χ1) is 18.4. The number of carbonyl (C=O) groups is 3. The Balaban J connectivity index is 1.54. The number of carbonyl (C=O) groups excluding carboxylic acids is 2. The zero-order valence-electron chi connectivity index (χ0n) is 20.9. The molecule has 2 amide bonds. The fourth-order valence-corrected chi connectivity index (χ4v) is 5.03. The molecule has 38 heavy (non-hydrogen) atoms. The minimum absolute atomic E-state index is 0.0190. The van der Waals surface area contributed by atoms with E-state index in [-0.39, 0.29) is 17.9 Å². The van der Waals surface area contributed by atoms with Crippen LogP contribution < -0.4 is 14.8 Å². The Morgan fingerprint density at radius 3 is 2.50 bits per heavy atom. The molecular formula is C28H27N3O6S. The maximum atomic E-state index is 13.3. The lowest BCUT2D eigenvalue weighted by molar-refractivity contribution is -0.129. The molecule has 196 valence electrons. The summed E-state index contributed by atoms with van der Waals surface area (Å²) in [5.41, 5.74) is 2.02. The highest BCUT2D eigenvalue weighted by molar-refractivity contribution is 8.15. The van der Waals surface area contributed by atoms with Gasteiger partial charge in [-0.1, -0.05) is 42.1 Å². The van der Waals surface area contributed by atoms with Crippen LogP contribution in [0, 0.1) is 0 Å². The van der Waals surface area contributed by atoms with Crippen molar-refractivity contribution in [2.24, 2.45) is 4.99 Å². The number of para-hydroxylation sites is 1. The zero-order valence-corrected chi connectivity index (χ0v) is 21.7. The number of methoxy groups -OCH3 is 2. The summed E-state index contributed by atoms with van der Waals surface area (Å²) >= 11 is 1.21. The van der Waals surface area contributed by atoms with Crippen molar-refractivity contribution in [3.63, 3.8) is 0 Å². The number of aliphatic imine (C=N–C) groups is 1. The van der Waals surface area contributed by atoms with Crippen molar-refractivity contribution in [1.82, 2.24) is 4.90 Å². The largest absolute Gasteiger partial charge is 0.493 e. The van der Waals surface area contributed by atoms with E-state index in [1.165, 1.54) is 23.9 Å². The lowest BCUT2D eigenvalue weighted by atomic mass is 10.1. The Kier molecular flexibility index (Phi) is 8.65. The molecule has 1 fully saturated rings. The molecule has 0 bridgehead atoms. The van der Waals surface area contributed by atoms with Crippen molar-refractivity contribution in [1.29, 1.82) is 0 Å². The Hall–Kier alpha value is -4.31. The topological polar surface area (TPSA) is 118 Å². The average Bonchev–Trinajstić information content (AvgIpc) is 2.93. The van der Waals surface area contributed by atoms with Crippen LogP contribution in [-0.4, -0.2) is 59.0 Å². The van der Waals surface area contributed by atoms with Gasteiger partial charge in [0.05, 0.1) is 25.5 Å². The smallest absolute Gasteiger partial charge is 0.335 e. The molecule has 1 aliphatic rings. The number of aromatic carboxylic acids is 1. The van der Waals surface area contributed by atoms with Crippen molar-refractivity contribution in [2.45, 2.75) is 18.1 Å². The summed E-state index contributed by atoms with van der Waals surface area (Å²) in [5.74, 6) is -0.489. The number of benzene rings is 3. The molecule has 1 atom stereocenters. The van der Waals surface area contributed by atoms with E-state index < -0.39 is 17.1 Å². The van der Waals surface area contributed by atoms with Crippen LogP contribution in [0.2, 0.25) is 0 Å². The SMILES string of the molecule is COc1ccc(CCN2C(=O)CC(C(=O)Nc3cccc(C(=O)O)c3)SC2=Nc2ccccc2)cc1OC. The zero-order chi connectivity index (χ0) is 27.1. The van der Waals surface area contributed by atoms with E-state index in [1.807, 2.05) is 48.5 Å². The van der Waals surface area contributed by atoms with E-state index in [0.717, 1.165) is 5.56 Å². The maximum Gasteiger partial charge on any atom is 0.335 e. The molecule has 9 nitrogen and oxygen atoms in total. The monoisotopic (exact) mass is 533 g/mol. The quantitative estimate of drug-likeness (QED) is 0.413. The molecule has 1 heterocycles. The van der Waals surface area contributed by atoms with Gasteiger partial charge in [0.1, 0.15) is 5.25 Å². The molecule has 10 heteroatoms. The van der Waals surface area contributed by atoms with Crippen LogP contribution >= 0.6 is 11.8 Å². The van der Waals surface area contributed by atoms with E-state index in [9.17, 15) is 19.5 Å². The lowest BCUT2D eigenvalue weighted by Gasteiger charge is -2.32. The number of hydrogen-bond acceptors (Lipinski definition) is 7. The number of rotatable bonds is 9. The van der Waals surface area contributed by atoms with Crippen LogP contribution in [0.25, 0.3) is 0 Å². The normalized spacial score (nSPS) is 16.3. The molecule has 4 rings (SSSR count). The van der Waals surface area contributed by atoms with Gasteiger partial charge >= 0.3 is 5.97 Å². The number of nitrogens with zero attached hydrogens (tertiary/aromatic N) is 2. The van der Waals surface area contributed by atoms with Gasteiger partial charge in [0.15, 0.2) is 16.7 Å². The van der Waals surface area contributed by atoms with Crippen LogP contribution in [0.1, 0.15) is 22.3 Å². The van der Waals surface area contributed by atoms with Gasteiger partial charge in [0, 0.05) is 18.7 Å². The van der Waals surface area contributed by atoms with Crippen molar-refractivity contribution in [3.8, 4) is 11.5 Å². The Morgan fingerprint density at radius 1 is 1.03 bits per heavy atom. The number of amidine groups is 1. The van der Waals surface area contributed by atoms with Gasteiger partial charge in [0.25, 0.3) is 0 Å². The first kappa shape index (κ1) is 26.7. The van der Waals surface area contributed by atoms with Crippen LogP contribution in [0.4, 0.5) is 11.4 Å². The molecule has 0 saturated carbocycles. The fraction of sp³-hybridized carbons (Fsp3) is 0.214. The number of carboxylic acids is 1. The molecule has 1 saturated heterocycles. The van der Waals surface area contributed by atoms with Crippen LogP contribution in [0.3, 0.4) is 0 Å². The number of nitrogens with one attached hydrogen (secondary N) is 1. The van der Waals surface area contributed by atoms with Gasteiger partial charge < -0.3 is 19.9 Å². The minimum Gasteiger partial charge on any atom is -0.493 e. The molecule has 3 aromatic carbocycles. The van der Waals surface area contributed by atoms with Crippen molar-refractivity contribution in [2.75, 3.05) is 26.1 Å². The number of hydrogen-bond donors (Lipinski definition) is 2. The highest BCUT2D eigenvalue weighted by Crippen LogP contribution is 2.31. The van der Waals surface area contributed by atoms with E-state index in [1.54, 1.807) is 31.3 Å². The predicted octanol–water partition coefficient (Wildman–Crippen LogP) is 4.61. The van der Waals surface area contributed by atoms with Crippen molar-refractivity contribution >= 4 is 46.1 Å². The Labute approximate surface area is 224 Å². The van der Waals surface area contributed by atoms with Crippen LogP contribution in [0.15, 0.2) is 77.8 Å².